The normalized spacial score (nSPS) is 15.2. The highest BCUT2D eigenvalue weighted by molar-refractivity contribution is 6.01. The molecule has 9 nitrogen and oxygen atoms in total. The molecule has 1 aliphatic rings. The number of ether oxygens (including phenoxy) is 1. The van der Waals surface area contributed by atoms with Gasteiger partial charge in [-0.05, 0) is 18.9 Å². The molecule has 0 bridgehead atoms. The van der Waals surface area contributed by atoms with Crippen LogP contribution in [0.2, 0.25) is 0 Å². The van der Waals surface area contributed by atoms with Crippen LogP contribution in [0.4, 0.5) is 10.1 Å². The Morgan fingerprint density at radius 3 is 2.70 bits per heavy atom. The number of nitro groups is 1. The maximum absolute atomic E-state index is 13.7. The van der Waals surface area contributed by atoms with Gasteiger partial charge in [-0.3, -0.25) is 19.7 Å². The van der Waals surface area contributed by atoms with Gasteiger partial charge in [-0.15, -0.1) is 0 Å². The van der Waals surface area contributed by atoms with Crippen LogP contribution < -0.4 is 5.73 Å². The molecule has 1 aliphatic heterocycles. The summed E-state index contributed by atoms with van der Waals surface area (Å²) in [4.78, 5) is 47.8. The van der Waals surface area contributed by atoms with Gasteiger partial charge in [0.25, 0.3) is 11.6 Å². The Balaban J connectivity index is 2.29. The largest absolute Gasteiger partial charge is 0.430 e. The standard InChI is InChI=1S/C17H20FN3O6/c1-2-4-14(18)27-17(24)13(7-8-15(19)22)20-9-11-10(16(20)23)5-3-6-12(11)21(25)26/h3,5-6,13-14H,2,4,7-9H2,1H3,(H2,19,22). The molecule has 0 fully saturated rings. The smallest absolute Gasteiger partial charge is 0.331 e. The number of nitrogens with zero attached hydrogens (tertiary/aromatic N) is 2. The van der Waals surface area contributed by atoms with Crippen molar-refractivity contribution >= 4 is 23.5 Å². The van der Waals surface area contributed by atoms with E-state index >= 15 is 0 Å². The molecular formula is C17H20FN3O6. The Morgan fingerprint density at radius 1 is 1.41 bits per heavy atom. The van der Waals surface area contributed by atoms with Crippen molar-refractivity contribution in [2.24, 2.45) is 5.73 Å². The van der Waals surface area contributed by atoms with Crippen molar-refractivity contribution in [2.75, 3.05) is 0 Å². The van der Waals surface area contributed by atoms with E-state index in [1.54, 1.807) is 6.92 Å². The van der Waals surface area contributed by atoms with Crippen molar-refractivity contribution in [2.45, 2.75) is 51.6 Å². The van der Waals surface area contributed by atoms with Crippen LogP contribution in [0.3, 0.4) is 0 Å². The minimum atomic E-state index is -1.84. The second-order valence-corrected chi connectivity index (χ2v) is 6.15. The SMILES string of the molecule is CCCC(F)OC(=O)C(CCC(N)=O)N1Cc2c(cccc2[N+](=O)[O-])C1=O. The van der Waals surface area contributed by atoms with Crippen molar-refractivity contribution < 1.29 is 28.4 Å². The van der Waals surface area contributed by atoms with Gasteiger partial charge in [0, 0.05) is 18.9 Å². The minimum absolute atomic E-state index is 0.00603. The fraction of sp³-hybridized carbons (Fsp3) is 0.471. The molecule has 1 heterocycles. The summed E-state index contributed by atoms with van der Waals surface area (Å²) >= 11 is 0. The van der Waals surface area contributed by atoms with Crippen LogP contribution >= 0.6 is 0 Å². The number of esters is 1. The molecule has 27 heavy (non-hydrogen) atoms. The molecule has 146 valence electrons. The number of hydrogen-bond acceptors (Lipinski definition) is 6. The lowest BCUT2D eigenvalue weighted by Gasteiger charge is -2.26. The fourth-order valence-electron chi connectivity index (χ4n) is 2.93. The van der Waals surface area contributed by atoms with E-state index in [4.69, 9.17) is 10.5 Å². The number of benzene rings is 1. The lowest BCUT2D eigenvalue weighted by Crippen LogP contribution is -2.43. The van der Waals surface area contributed by atoms with Crippen LogP contribution in [0.5, 0.6) is 0 Å². The van der Waals surface area contributed by atoms with Crippen LogP contribution in [0.15, 0.2) is 18.2 Å². The van der Waals surface area contributed by atoms with Gasteiger partial charge in [0.1, 0.15) is 6.04 Å². The van der Waals surface area contributed by atoms with Crippen molar-refractivity contribution in [3.05, 3.63) is 39.4 Å². The molecule has 0 radical (unpaired) electrons. The number of nitrogens with two attached hydrogens (primary N) is 1. The predicted octanol–water partition coefficient (Wildman–Crippen LogP) is 1.82. The van der Waals surface area contributed by atoms with E-state index in [0.717, 1.165) is 4.90 Å². The third-order valence-corrected chi connectivity index (χ3v) is 4.24. The zero-order chi connectivity index (χ0) is 20.1. The van der Waals surface area contributed by atoms with E-state index in [1.807, 2.05) is 0 Å². The number of rotatable bonds is 9. The first-order chi connectivity index (χ1) is 12.8. The second-order valence-electron chi connectivity index (χ2n) is 6.15. The number of hydrogen-bond donors (Lipinski definition) is 1. The Kier molecular flexibility index (Phi) is 6.43. The molecule has 1 aromatic rings. The predicted molar refractivity (Wildman–Crippen MR) is 91.1 cm³/mol. The van der Waals surface area contributed by atoms with Crippen LogP contribution in [0.1, 0.15) is 48.5 Å². The molecule has 1 aromatic carbocycles. The number of halogens is 1. The molecule has 0 spiro atoms. The summed E-state index contributed by atoms with van der Waals surface area (Å²) in [6.07, 6.45) is -1.80. The van der Waals surface area contributed by atoms with Crippen LogP contribution in [0, 0.1) is 10.1 Å². The van der Waals surface area contributed by atoms with Gasteiger partial charge in [0.05, 0.1) is 22.6 Å². The van der Waals surface area contributed by atoms with Gasteiger partial charge in [-0.1, -0.05) is 13.0 Å². The molecule has 10 heteroatoms. The third kappa shape index (κ3) is 4.57. The monoisotopic (exact) mass is 381 g/mol. The molecule has 0 aliphatic carbocycles. The molecule has 2 unspecified atom stereocenters. The molecule has 0 aromatic heterocycles. The van der Waals surface area contributed by atoms with Crippen molar-refractivity contribution in [1.29, 1.82) is 0 Å². The Morgan fingerprint density at radius 2 is 2.11 bits per heavy atom. The zero-order valence-electron chi connectivity index (χ0n) is 14.7. The lowest BCUT2D eigenvalue weighted by atomic mass is 10.1. The number of carbonyl (C=O) groups excluding carboxylic acids is 3. The number of fused-ring (bicyclic) bond motifs is 1. The fourth-order valence-corrected chi connectivity index (χ4v) is 2.93. The summed E-state index contributed by atoms with van der Waals surface area (Å²) in [5.41, 5.74) is 5.11. The summed E-state index contributed by atoms with van der Waals surface area (Å²) in [6.45, 7) is 1.50. The Hall–Kier alpha value is -3.04. The summed E-state index contributed by atoms with van der Waals surface area (Å²) in [7, 11) is 0. The number of amides is 2. The first-order valence-corrected chi connectivity index (χ1v) is 8.46. The quantitative estimate of drug-likeness (QED) is 0.394. The van der Waals surface area contributed by atoms with Crippen molar-refractivity contribution in [1.82, 2.24) is 4.90 Å². The van der Waals surface area contributed by atoms with Crippen LogP contribution in [-0.2, 0) is 20.9 Å². The van der Waals surface area contributed by atoms with E-state index in [1.165, 1.54) is 18.2 Å². The van der Waals surface area contributed by atoms with Gasteiger partial charge in [-0.2, -0.15) is 0 Å². The third-order valence-electron chi connectivity index (χ3n) is 4.24. The topological polar surface area (TPSA) is 133 Å². The lowest BCUT2D eigenvalue weighted by molar-refractivity contribution is -0.385. The molecule has 2 amide bonds. The molecule has 2 atom stereocenters. The van der Waals surface area contributed by atoms with Gasteiger partial charge in [-0.25, -0.2) is 9.18 Å². The van der Waals surface area contributed by atoms with Gasteiger partial charge in [0.2, 0.25) is 12.3 Å². The first kappa shape index (κ1) is 20.3. The van der Waals surface area contributed by atoms with E-state index in [2.05, 4.69) is 0 Å². The second kappa shape index (κ2) is 8.56. The van der Waals surface area contributed by atoms with Crippen LogP contribution in [-0.4, -0.2) is 40.0 Å². The maximum atomic E-state index is 13.7. The highest BCUT2D eigenvalue weighted by Crippen LogP contribution is 2.33. The van der Waals surface area contributed by atoms with E-state index in [0.29, 0.717) is 6.42 Å². The highest BCUT2D eigenvalue weighted by atomic mass is 19.1. The minimum Gasteiger partial charge on any atom is -0.430 e. The van der Waals surface area contributed by atoms with Crippen molar-refractivity contribution in [3.63, 3.8) is 0 Å². The summed E-state index contributed by atoms with van der Waals surface area (Å²) in [5, 5.41) is 11.2. The van der Waals surface area contributed by atoms with Crippen molar-refractivity contribution in [3.8, 4) is 0 Å². The van der Waals surface area contributed by atoms with Gasteiger partial charge >= 0.3 is 5.97 Å². The van der Waals surface area contributed by atoms with Gasteiger partial charge < -0.3 is 15.4 Å². The highest BCUT2D eigenvalue weighted by Gasteiger charge is 2.40. The van der Waals surface area contributed by atoms with Crippen LogP contribution in [0.25, 0.3) is 0 Å². The first-order valence-electron chi connectivity index (χ1n) is 8.46. The number of primary amides is 1. The summed E-state index contributed by atoms with van der Waals surface area (Å²) < 4.78 is 18.4. The number of alkyl halides is 1. The van der Waals surface area contributed by atoms with Gasteiger partial charge in [0.15, 0.2) is 0 Å². The summed E-state index contributed by atoms with van der Waals surface area (Å²) in [5.74, 6) is -2.33. The molecule has 0 saturated carbocycles. The number of carbonyl (C=O) groups is 3. The zero-order valence-corrected chi connectivity index (χ0v) is 14.7. The maximum Gasteiger partial charge on any atom is 0.331 e. The summed E-state index contributed by atoms with van der Waals surface area (Å²) in [6, 6.07) is 2.77. The van der Waals surface area contributed by atoms with E-state index in [9.17, 15) is 28.9 Å². The Bertz CT molecular complexity index is 769. The molecule has 0 saturated heterocycles. The number of nitro benzene ring substituents is 1. The molecule has 2 N–H and O–H groups in total. The Labute approximate surface area is 154 Å². The molecular weight excluding hydrogens is 361 g/mol. The molecule has 2 rings (SSSR count). The average molecular weight is 381 g/mol. The average Bonchev–Trinajstić information content (AvgIpc) is 2.92. The van der Waals surface area contributed by atoms with E-state index in [-0.39, 0.29) is 42.6 Å². The van der Waals surface area contributed by atoms with E-state index < -0.39 is 35.1 Å².